The average molecular weight is 199 g/mol. The minimum absolute atomic E-state index is 0.566. The Hall–Kier alpha value is -0.770. The Bertz CT molecular complexity index is 184. The van der Waals surface area contributed by atoms with Gasteiger partial charge in [-0.2, -0.15) is 0 Å². The second-order valence-corrected chi connectivity index (χ2v) is 4.05. The molecule has 1 saturated heterocycles. The third-order valence-corrected chi connectivity index (χ3v) is 2.16. The van der Waals surface area contributed by atoms with Gasteiger partial charge in [-0.1, -0.05) is 13.8 Å². The first-order valence-corrected chi connectivity index (χ1v) is 5.32. The number of rotatable bonds is 2. The number of nitrogens with two attached hydrogens (primary N) is 1. The number of hydrogen-bond donors (Lipinski definition) is 1. The summed E-state index contributed by atoms with van der Waals surface area (Å²) >= 11 is 0. The summed E-state index contributed by atoms with van der Waals surface area (Å²) in [4.78, 5) is 6.46. The third-order valence-electron chi connectivity index (χ3n) is 2.16. The fraction of sp³-hybridized carbons (Fsp3) is 0.900. The fourth-order valence-electron chi connectivity index (χ4n) is 1.35. The lowest BCUT2D eigenvalue weighted by Crippen LogP contribution is -2.39. The highest BCUT2D eigenvalue weighted by atomic mass is 16.5. The van der Waals surface area contributed by atoms with Crippen molar-refractivity contribution in [3.05, 3.63) is 0 Å². The molecule has 0 radical (unpaired) electrons. The molecule has 0 amide bonds. The Balaban J connectivity index is 2.40. The van der Waals surface area contributed by atoms with Crippen LogP contribution in [0.25, 0.3) is 0 Å². The SMILES string of the molecule is CC(C)CN=C(N)N1CCCOCC1. The lowest BCUT2D eigenvalue weighted by molar-refractivity contribution is 0.147. The zero-order valence-corrected chi connectivity index (χ0v) is 9.20. The van der Waals surface area contributed by atoms with Crippen LogP contribution < -0.4 is 5.73 Å². The first-order valence-electron chi connectivity index (χ1n) is 5.32. The molecule has 1 aliphatic heterocycles. The second-order valence-electron chi connectivity index (χ2n) is 4.05. The van der Waals surface area contributed by atoms with Crippen molar-refractivity contribution in [2.75, 3.05) is 32.8 Å². The molecule has 1 aliphatic rings. The monoisotopic (exact) mass is 199 g/mol. The Labute approximate surface area is 86.1 Å². The molecule has 14 heavy (non-hydrogen) atoms. The van der Waals surface area contributed by atoms with E-state index in [4.69, 9.17) is 10.5 Å². The van der Waals surface area contributed by atoms with Gasteiger partial charge in [0.25, 0.3) is 0 Å². The molecule has 0 aromatic heterocycles. The van der Waals surface area contributed by atoms with Gasteiger partial charge in [-0.25, -0.2) is 0 Å². The quantitative estimate of drug-likeness (QED) is 0.525. The summed E-state index contributed by atoms with van der Waals surface area (Å²) in [5.41, 5.74) is 5.89. The largest absolute Gasteiger partial charge is 0.380 e. The predicted octanol–water partition coefficient (Wildman–Crippen LogP) is 0.679. The van der Waals surface area contributed by atoms with E-state index in [1.54, 1.807) is 0 Å². The lowest BCUT2D eigenvalue weighted by Gasteiger charge is -2.20. The molecule has 0 unspecified atom stereocenters. The maximum absolute atomic E-state index is 5.89. The van der Waals surface area contributed by atoms with Crippen LogP contribution in [0.3, 0.4) is 0 Å². The normalized spacial score (nSPS) is 19.9. The van der Waals surface area contributed by atoms with E-state index in [-0.39, 0.29) is 0 Å². The zero-order valence-electron chi connectivity index (χ0n) is 9.20. The topological polar surface area (TPSA) is 50.8 Å². The number of nitrogens with zero attached hydrogens (tertiary/aromatic N) is 2. The van der Waals surface area contributed by atoms with Gasteiger partial charge in [0, 0.05) is 26.2 Å². The summed E-state index contributed by atoms with van der Waals surface area (Å²) in [5, 5.41) is 0. The van der Waals surface area contributed by atoms with Crippen LogP contribution in [-0.4, -0.2) is 43.7 Å². The van der Waals surface area contributed by atoms with Crippen molar-refractivity contribution >= 4 is 5.96 Å². The standard InChI is InChI=1S/C10H21N3O/c1-9(2)8-12-10(11)13-4-3-6-14-7-5-13/h9H,3-8H2,1-2H3,(H2,11,12). The number of guanidine groups is 1. The average Bonchev–Trinajstić information content (AvgIpc) is 2.42. The highest BCUT2D eigenvalue weighted by Crippen LogP contribution is 1.99. The van der Waals surface area contributed by atoms with Crippen LogP contribution in [0.5, 0.6) is 0 Å². The molecule has 1 rings (SSSR count). The molecule has 0 saturated carbocycles. The van der Waals surface area contributed by atoms with Gasteiger partial charge in [0.05, 0.1) is 6.61 Å². The van der Waals surface area contributed by atoms with Gasteiger partial charge in [-0.05, 0) is 12.3 Å². The van der Waals surface area contributed by atoms with Gasteiger partial charge in [0.2, 0.25) is 0 Å². The first kappa shape index (κ1) is 11.3. The summed E-state index contributed by atoms with van der Waals surface area (Å²) < 4.78 is 5.35. The Morgan fingerprint density at radius 3 is 2.93 bits per heavy atom. The van der Waals surface area contributed by atoms with Crippen LogP contribution in [-0.2, 0) is 4.74 Å². The highest BCUT2D eigenvalue weighted by Gasteiger charge is 2.10. The fourth-order valence-corrected chi connectivity index (χ4v) is 1.35. The van der Waals surface area contributed by atoms with Crippen molar-refractivity contribution in [3.8, 4) is 0 Å². The molecule has 4 heteroatoms. The summed E-state index contributed by atoms with van der Waals surface area (Å²) in [6.45, 7) is 8.53. The van der Waals surface area contributed by atoms with E-state index in [2.05, 4.69) is 23.7 Å². The molecule has 0 bridgehead atoms. The van der Waals surface area contributed by atoms with Crippen LogP contribution >= 0.6 is 0 Å². The molecular weight excluding hydrogens is 178 g/mol. The number of aliphatic imine (C=N–C) groups is 1. The van der Waals surface area contributed by atoms with Gasteiger partial charge in [0.15, 0.2) is 5.96 Å². The van der Waals surface area contributed by atoms with E-state index in [0.717, 1.165) is 39.3 Å². The van der Waals surface area contributed by atoms with Crippen molar-refractivity contribution in [2.45, 2.75) is 20.3 Å². The Morgan fingerprint density at radius 1 is 1.43 bits per heavy atom. The van der Waals surface area contributed by atoms with E-state index >= 15 is 0 Å². The highest BCUT2D eigenvalue weighted by molar-refractivity contribution is 5.78. The number of ether oxygens (including phenoxy) is 1. The van der Waals surface area contributed by atoms with Crippen LogP contribution in [0.2, 0.25) is 0 Å². The molecule has 0 spiro atoms. The van der Waals surface area contributed by atoms with Crippen LogP contribution in [0.1, 0.15) is 20.3 Å². The molecule has 0 aliphatic carbocycles. The van der Waals surface area contributed by atoms with Crippen molar-refractivity contribution in [1.29, 1.82) is 0 Å². The van der Waals surface area contributed by atoms with E-state index in [0.29, 0.717) is 11.9 Å². The van der Waals surface area contributed by atoms with Gasteiger partial charge >= 0.3 is 0 Å². The van der Waals surface area contributed by atoms with Gasteiger partial charge in [0.1, 0.15) is 0 Å². The van der Waals surface area contributed by atoms with E-state index < -0.39 is 0 Å². The van der Waals surface area contributed by atoms with Crippen molar-refractivity contribution in [3.63, 3.8) is 0 Å². The smallest absolute Gasteiger partial charge is 0.191 e. The molecule has 1 heterocycles. The lowest BCUT2D eigenvalue weighted by atomic mass is 10.2. The summed E-state index contributed by atoms with van der Waals surface area (Å²) in [5.74, 6) is 1.24. The predicted molar refractivity (Wildman–Crippen MR) is 58.3 cm³/mol. The minimum atomic E-state index is 0.566. The molecule has 0 aromatic carbocycles. The molecule has 0 aromatic rings. The van der Waals surface area contributed by atoms with Crippen molar-refractivity contribution < 1.29 is 4.74 Å². The van der Waals surface area contributed by atoms with Gasteiger partial charge < -0.3 is 15.4 Å². The summed E-state index contributed by atoms with van der Waals surface area (Å²) in [6.07, 6.45) is 1.04. The van der Waals surface area contributed by atoms with Crippen molar-refractivity contribution in [1.82, 2.24) is 4.90 Å². The van der Waals surface area contributed by atoms with Crippen LogP contribution in [0, 0.1) is 5.92 Å². The molecule has 82 valence electrons. The molecular formula is C10H21N3O. The van der Waals surface area contributed by atoms with E-state index in [1.807, 2.05) is 0 Å². The summed E-state index contributed by atoms with van der Waals surface area (Å²) in [6, 6.07) is 0. The first-order chi connectivity index (χ1) is 6.70. The van der Waals surface area contributed by atoms with E-state index in [9.17, 15) is 0 Å². The molecule has 2 N–H and O–H groups in total. The zero-order chi connectivity index (χ0) is 10.4. The third kappa shape index (κ3) is 3.96. The van der Waals surface area contributed by atoms with E-state index in [1.165, 1.54) is 0 Å². The Morgan fingerprint density at radius 2 is 2.21 bits per heavy atom. The second kappa shape index (κ2) is 5.86. The van der Waals surface area contributed by atoms with Gasteiger partial charge in [-0.3, -0.25) is 4.99 Å². The maximum Gasteiger partial charge on any atom is 0.191 e. The van der Waals surface area contributed by atoms with Gasteiger partial charge in [-0.15, -0.1) is 0 Å². The Kier molecular flexibility index (Phi) is 4.73. The van der Waals surface area contributed by atoms with Crippen LogP contribution in [0.4, 0.5) is 0 Å². The van der Waals surface area contributed by atoms with Crippen LogP contribution in [0.15, 0.2) is 4.99 Å². The maximum atomic E-state index is 5.89. The number of hydrogen-bond acceptors (Lipinski definition) is 2. The molecule has 4 nitrogen and oxygen atoms in total. The molecule has 0 atom stereocenters. The molecule has 1 fully saturated rings. The minimum Gasteiger partial charge on any atom is -0.380 e. The summed E-state index contributed by atoms with van der Waals surface area (Å²) in [7, 11) is 0. The van der Waals surface area contributed by atoms with Crippen molar-refractivity contribution in [2.24, 2.45) is 16.6 Å².